The van der Waals surface area contributed by atoms with E-state index >= 15 is 0 Å². The minimum atomic E-state index is 0.138. The maximum absolute atomic E-state index is 5.09. The van der Waals surface area contributed by atoms with Crippen molar-refractivity contribution in [2.45, 2.75) is 50.6 Å². The summed E-state index contributed by atoms with van der Waals surface area (Å²) in [5.41, 5.74) is 1.48. The molecule has 5 nitrogen and oxygen atoms in total. The third kappa shape index (κ3) is 6.33. The maximum Gasteiger partial charge on any atom is 0.191 e. The Balaban J connectivity index is 1.88. The molecule has 5 heteroatoms. The Morgan fingerprint density at radius 2 is 1.92 bits per heavy atom. The van der Waals surface area contributed by atoms with Crippen LogP contribution in [-0.4, -0.2) is 45.4 Å². The van der Waals surface area contributed by atoms with Crippen LogP contribution in [0.3, 0.4) is 0 Å². The summed E-state index contributed by atoms with van der Waals surface area (Å²) >= 11 is 0. The van der Waals surface area contributed by atoms with Crippen molar-refractivity contribution in [2.75, 3.05) is 33.9 Å². The van der Waals surface area contributed by atoms with Crippen LogP contribution < -0.4 is 16.0 Å². The van der Waals surface area contributed by atoms with Gasteiger partial charge in [-0.1, -0.05) is 43.2 Å². The van der Waals surface area contributed by atoms with Gasteiger partial charge in [-0.05, 0) is 31.7 Å². The Hall–Kier alpha value is -1.59. The van der Waals surface area contributed by atoms with E-state index in [0.717, 1.165) is 32.1 Å². The first kappa shape index (κ1) is 19.7. The van der Waals surface area contributed by atoms with Crippen LogP contribution in [0.25, 0.3) is 0 Å². The zero-order chi connectivity index (χ0) is 18.0. The number of nitrogens with one attached hydrogen (secondary N) is 3. The highest BCUT2D eigenvalue weighted by Crippen LogP contribution is 2.31. The van der Waals surface area contributed by atoms with Gasteiger partial charge in [0.15, 0.2) is 5.96 Å². The molecule has 0 amide bonds. The van der Waals surface area contributed by atoms with Crippen molar-refractivity contribution < 1.29 is 4.74 Å². The second kappa shape index (κ2) is 10.4. The van der Waals surface area contributed by atoms with Crippen LogP contribution in [0.15, 0.2) is 35.3 Å². The standard InChI is InChI=1S/C20H34N4O/c1-17(18-10-5-4-6-11-18)24-20(12-7-8-13-20)16-23-19(21-2)22-14-9-15-25-3/h4-6,10-11,17,24H,7-9,12-16H2,1-3H3,(H2,21,22,23). The molecule has 0 saturated heterocycles. The Morgan fingerprint density at radius 1 is 1.20 bits per heavy atom. The second-order valence-corrected chi connectivity index (χ2v) is 6.96. The molecular formula is C20H34N4O. The molecule has 140 valence electrons. The van der Waals surface area contributed by atoms with E-state index in [-0.39, 0.29) is 5.54 Å². The van der Waals surface area contributed by atoms with Crippen LogP contribution in [-0.2, 0) is 4.74 Å². The van der Waals surface area contributed by atoms with Gasteiger partial charge in [-0.25, -0.2) is 0 Å². The van der Waals surface area contributed by atoms with Crippen molar-refractivity contribution in [3.8, 4) is 0 Å². The number of rotatable bonds is 9. The molecule has 1 aliphatic carbocycles. The quantitative estimate of drug-likeness (QED) is 0.366. The molecule has 0 heterocycles. The molecule has 1 aromatic rings. The lowest BCUT2D eigenvalue weighted by Gasteiger charge is -2.35. The molecule has 1 unspecified atom stereocenters. The third-order valence-electron chi connectivity index (χ3n) is 5.02. The van der Waals surface area contributed by atoms with Gasteiger partial charge in [0.25, 0.3) is 0 Å². The zero-order valence-corrected chi connectivity index (χ0v) is 16.0. The largest absolute Gasteiger partial charge is 0.385 e. The van der Waals surface area contributed by atoms with Crippen molar-refractivity contribution in [1.82, 2.24) is 16.0 Å². The van der Waals surface area contributed by atoms with Crippen LogP contribution in [0.5, 0.6) is 0 Å². The topological polar surface area (TPSA) is 57.7 Å². The first-order chi connectivity index (χ1) is 12.2. The fraction of sp³-hybridized carbons (Fsp3) is 0.650. The van der Waals surface area contributed by atoms with E-state index in [1.54, 1.807) is 7.11 Å². The summed E-state index contributed by atoms with van der Waals surface area (Å²) in [4.78, 5) is 4.34. The highest BCUT2D eigenvalue weighted by Gasteiger charge is 2.35. The maximum atomic E-state index is 5.09. The van der Waals surface area contributed by atoms with Gasteiger partial charge in [-0.15, -0.1) is 0 Å². The Labute approximate surface area is 152 Å². The molecule has 1 aliphatic rings. The summed E-state index contributed by atoms with van der Waals surface area (Å²) in [7, 11) is 3.56. The molecule has 1 saturated carbocycles. The van der Waals surface area contributed by atoms with Crippen LogP contribution in [0.2, 0.25) is 0 Å². The Bertz CT molecular complexity index is 512. The average molecular weight is 347 g/mol. The van der Waals surface area contributed by atoms with Crippen LogP contribution in [0.4, 0.5) is 0 Å². The molecule has 2 rings (SSSR count). The minimum Gasteiger partial charge on any atom is -0.385 e. The van der Waals surface area contributed by atoms with E-state index in [1.165, 1.54) is 31.2 Å². The van der Waals surface area contributed by atoms with Gasteiger partial charge in [0.05, 0.1) is 0 Å². The van der Waals surface area contributed by atoms with Gasteiger partial charge >= 0.3 is 0 Å². The van der Waals surface area contributed by atoms with Crippen molar-refractivity contribution in [1.29, 1.82) is 0 Å². The molecule has 0 bridgehead atoms. The van der Waals surface area contributed by atoms with E-state index < -0.39 is 0 Å². The summed E-state index contributed by atoms with van der Waals surface area (Å²) in [6.07, 6.45) is 5.97. The first-order valence-corrected chi connectivity index (χ1v) is 9.45. The molecule has 0 radical (unpaired) electrons. The lowest BCUT2D eigenvalue weighted by Crippen LogP contribution is -2.54. The molecule has 0 aliphatic heterocycles. The van der Waals surface area contributed by atoms with Crippen LogP contribution in [0, 0.1) is 0 Å². The molecule has 3 N–H and O–H groups in total. The predicted molar refractivity (Wildman–Crippen MR) is 105 cm³/mol. The lowest BCUT2D eigenvalue weighted by atomic mass is 9.94. The summed E-state index contributed by atoms with van der Waals surface area (Å²) in [6.45, 7) is 4.79. The highest BCUT2D eigenvalue weighted by atomic mass is 16.5. The smallest absolute Gasteiger partial charge is 0.191 e. The molecule has 1 aromatic carbocycles. The number of ether oxygens (including phenoxy) is 1. The average Bonchev–Trinajstić information content (AvgIpc) is 3.10. The zero-order valence-electron chi connectivity index (χ0n) is 16.0. The number of methoxy groups -OCH3 is 1. The van der Waals surface area contributed by atoms with Crippen molar-refractivity contribution >= 4 is 5.96 Å². The Morgan fingerprint density at radius 3 is 2.56 bits per heavy atom. The second-order valence-electron chi connectivity index (χ2n) is 6.96. The molecule has 0 aromatic heterocycles. The van der Waals surface area contributed by atoms with Crippen molar-refractivity contribution in [3.63, 3.8) is 0 Å². The van der Waals surface area contributed by atoms with Crippen LogP contribution >= 0.6 is 0 Å². The van der Waals surface area contributed by atoms with Gasteiger partial charge in [-0.2, -0.15) is 0 Å². The Kier molecular flexibility index (Phi) is 8.22. The van der Waals surface area contributed by atoms with Gasteiger partial charge in [0.2, 0.25) is 0 Å². The summed E-state index contributed by atoms with van der Waals surface area (Å²) in [6, 6.07) is 11.0. The number of nitrogens with zero attached hydrogens (tertiary/aromatic N) is 1. The monoisotopic (exact) mass is 346 g/mol. The SMILES string of the molecule is CN=C(NCCCOC)NCC1(NC(C)c2ccccc2)CCCC1. The molecule has 1 fully saturated rings. The van der Waals surface area contributed by atoms with E-state index in [2.05, 4.69) is 58.2 Å². The summed E-state index contributed by atoms with van der Waals surface area (Å²) in [5.74, 6) is 0.872. The number of benzene rings is 1. The molecule has 1 atom stereocenters. The normalized spacial score (nSPS) is 18.1. The van der Waals surface area contributed by atoms with Crippen molar-refractivity contribution in [2.24, 2.45) is 4.99 Å². The lowest BCUT2D eigenvalue weighted by molar-refractivity contribution is 0.195. The molecule has 0 spiro atoms. The summed E-state index contributed by atoms with van der Waals surface area (Å²) < 4.78 is 5.09. The van der Waals surface area contributed by atoms with Gasteiger partial charge in [-0.3, -0.25) is 4.99 Å². The third-order valence-corrected chi connectivity index (χ3v) is 5.02. The number of hydrogen-bond donors (Lipinski definition) is 3. The van der Waals surface area contributed by atoms with E-state index in [1.807, 2.05) is 7.05 Å². The molecular weight excluding hydrogens is 312 g/mol. The molecule has 25 heavy (non-hydrogen) atoms. The fourth-order valence-electron chi connectivity index (χ4n) is 3.61. The first-order valence-electron chi connectivity index (χ1n) is 9.45. The predicted octanol–water partition coefficient (Wildman–Crippen LogP) is 2.85. The van der Waals surface area contributed by atoms with Gasteiger partial charge < -0.3 is 20.7 Å². The number of aliphatic imine (C=N–C) groups is 1. The van der Waals surface area contributed by atoms with E-state index in [9.17, 15) is 0 Å². The van der Waals surface area contributed by atoms with Gasteiger partial charge in [0, 0.05) is 45.4 Å². The van der Waals surface area contributed by atoms with Crippen molar-refractivity contribution in [3.05, 3.63) is 35.9 Å². The van der Waals surface area contributed by atoms with E-state index in [0.29, 0.717) is 6.04 Å². The fourth-order valence-corrected chi connectivity index (χ4v) is 3.61. The van der Waals surface area contributed by atoms with Crippen LogP contribution in [0.1, 0.15) is 50.6 Å². The van der Waals surface area contributed by atoms with Gasteiger partial charge in [0.1, 0.15) is 0 Å². The number of guanidine groups is 1. The number of hydrogen-bond acceptors (Lipinski definition) is 3. The highest BCUT2D eigenvalue weighted by molar-refractivity contribution is 5.79. The minimum absolute atomic E-state index is 0.138. The summed E-state index contributed by atoms with van der Waals surface area (Å²) in [5, 5.41) is 10.8. The van der Waals surface area contributed by atoms with E-state index in [4.69, 9.17) is 4.74 Å².